The average molecular weight is 492 g/mol. The minimum absolute atomic E-state index is 0.0188. The van der Waals surface area contributed by atoms with E-state index in [1.165, 1.54) is 28.7 Å². The Labute approximate surface area is 206 Å². The van der Waals surface area contributed by atoms with Gasteiger partial charge in [0, 0.05) is 19.0 Å². The van der Waals surface area contributed by atoms with Crippen LogP contribution in [-0.4, -0.2) is 52.7 Å². The van der Waals surface area contributed by atoms with Crippen molar-refractivity contribution >= 4 is 29.3 Å². The van der Waals surface area contributed by atoms with Crippen LogP contribution < -0.4 is 5.32 Å². The van der Waals surface area contributed by atoms with E-state index < -0.39 is 18.0 Å². The Morgan fingerprint density at radius 2 is 1.74 bits per heavy atom. The summed E-state index contributed by atoms with van der Waals surface area (Å²) in [4.78, 5) is 42.7. The van der Waals surface area contributed by atoms with Crippen LogP contribution in [0.5, 0.6) is 0 Å². The fourth-order valence-electron chi connectivity index (χ4n) is 4.90. The van der Waals surface area contributed by atoms with Gasteiger partial charge in [-0.3, -0.25) is 9.59 Å². The van der Waals surface area contributed by atoms with E-state index in [1.807, 2.05) is 31.2 Å². The zero-order valence-electron chi connectivity index (χ0n) is 19.1. The molecule has 2 aromatic carbocycles. The first kappa shape index (κ1) is 23.0. The molecule has 1 fully saturated rings. The zero-order valence-corrected chi connectivity index (χ0v) is 20.0. The van der Waals surface area contributed by atoms with E-state index in [1.54, 1.807) is 4.90 Å². The molecule has 0 saturated carbocycles. The van der Waals surface area contributed by atoms with Crippen LogP contribution in [0.15, 0.2) is 54.7 Å². The van der Waals surface area contributed by atoms with E-state index >= 15 is 0 Å². The Bertz CT molecular complexity index is 1240. The second kappa shape index (κ2) is 9.50. The summed E-state index contributed by atoms with van der Waals surface area (Å²) in [5.41, 5.74) is 4.62. The number of amides is 2. The van der Waals surface area contributed by atoms with E-state index in [2.05, 4.69) is 34.6 Å². The Morgan fingerprint density at radius 3 is 2.37 bits per heavy atom. The third-order valence-electron chi connectivity index (χ3n) is 6.71. The van der Waals surface area contributed by atoms with Gasteiger partial charge >= 0.3 is 12.1 Å². The number of rotatable bonds is 6. The zero-order chi connectivity index (χ0) is 24.5. The number of carbonyl (C=O) groups is 3. The molecule has 2 heterocycles. The number of thiazole rings is 1. The highest BCUT2D eigenvalue weighted by molar-refractivity contribution is 7.13. The van der Waals surface area contributed by atoms with Crippen molar-refractivity contribution in [2.45, 2.75) is 19.4 Å². The van der Waals surface area contributed by atoms with Gasteiger partial charge in [-0.25, -0.2) is 9.78 Å². The monoisotopic (exact) mass is 491 g/mol. The first-order chi connectivity index (χ1) is 16.9. The predicted molar refractivity (Wildman–Crippen MR) is 130 cm³/mol. The third kappa shape index (κ3) is 4.51. The molecule has 0 bridgehead atoms. The highest BCUT2D eigenvalue weighted by atomic mass is 32.1. The molecule has 1 saturated heterocycles. The summed E-state index contributed by atoms with van der Waals surface area (Å²) in [7, 11) is 0. The smallest absolute Gasteiger partial charge is 0.407 e. The van der Waals surface area contributed by atoms with Crippen LogP contribution >= 0.6 is 11.3 Å². The maximum absolute atomic E-state index is 12.8. The van der Waals surface area contributed by atoms with Crippen LogP contribution in [0, 0.1) is 11.8 Å². The van der Waals surface area contributed by atoms with Crippen molar-refractivity contribution in [2.75, 3.05) is 19.7 Å². The van der Waals surface area contributed by atoms with Crippen molar-refractivity contribution in [1.82, 2.24) is 15.2 Å². The summed E-state index contributed by atoms with van der Waals surface area (Å²) in [5, 5.41) is 12.6. The van der Waals surface area contributed by atoms with Crippen molar-refractivity contribution in [1.29, 1.82) is 0 Å². The number of hydrogen-bond donors (Lipinski definition) is 2. The Balaban J connectivity index is 1.15. The molecule has 3 aromatic rings. The number of ether oxygens (including phenoxy) is 1. The Kier molecular flexibility index (Phi) is 6.25. The number of likely N-dealkylation sites (tertiary alicyclic amines) is 1. The Hall–Kier alpha value is -3.72. The number of aliphatic carboxylic acids is 1. The van der Waals surface area contributed by atoms with E-state index in [0.717, 1.165) is 11.1 Å². The molecule has 5 rings (SSSR count). The summed E-state index contributed by atoms with van der Waals surface area (Å²) >= 11 is 1.19. The molecule has 0 spiro atoms. The highest BCUT2D eigenvalue weighted by Crippen LogP contribution is 2.44. The fraction of sp³-hybridized carbons (Fsp3) is 0.308. The molecule has 1 aliphatic heterocycles. The van der Waals surface area contributed by atoms with Crippen molar-refractivity contribution in [3.8, 4) is 11.1 Å². The first-order valence-corrected chi connectivity index (χ1v) is 12.3. The van der Waals surface area contributed by atoms with Gasteiger partial charge in [0.1, 0.15) is 16.5 Å². The quantitative estimate of drug-likeness (QED) is 0.540. The standard InChI is InChI=1S/C26H25N3O5S/c1-15-12-29(13-20(15)25(31)32)24(30)22-10-27-23(35-22)11-28-26(33)34-14-21-18-8-4-2-6-16(18)17-7-3-5-9-19(17)21/h2-10,15,20-21H,11-14H2,1H3,(H,28,33)(H,31,32)/t15-,20-/m1/s1. The fourth-order valence-corrected chi connectivity index (χ4v) is 5.72. The largest absolute Gasteiger partial charge is 0.481 e. The van der Waals surface area contributed by atoms with Crippen molar-refractivity contribution in [2.24, 2.45) is 11.8 Å². The number of hydrogen-bond acceptors (Lipinski definition) is 6. The summed E-state index contributed by atoms with van der Waals surface area (Å²) in [6.45, 7) is 2.80. The minimum Gasteiger partial charge on any atom is -0.481 e. The van der Waals surface area contributed by atoms with E-state index in [9.17, 15) is 19.5 Å². The number of carboxylic acid groups (broad SMARTS) is 1. The first-order valence-electron chi connectivity index (χ1n) is 11.5. The van der Waals surface area contributed by atoms with Gasteiger partial charge in [0.15, 0.2) is 0 Å². The summed E-state index contributed by atoms with van der Waals surface area (Å²) in [6, 6.07) is 16.3. The molecule has 0 unspecified atom stereocenters. The number of nitrogens with one attached hydrogen (secondary N) is 1. The average Bonchev–Trinajstić information content (AvgIpc) is 3.57. The van der Waals surface area contributed by atoms with Crippen LogP contribution in [0.1, 0.15) is 38.6 Å². The van der Waals surface area contributed by atoms with Gasteiger partial charge < -0.3 is 20.1 Å². The van der Waals surface area contributed by atoms with Gasteiger partial charge in [-0.2, -0.15) is 0 Å². The molecule has 2 aliphatic rings. The molecule has 9 heteroatoms. The van der Waals surface area contributed by atoms with Gasteiger partial charge in [-0.15, -0.1) is 11.3 Å². The van der Waals surface area contributed by atoms with Gasteiger partial charge in [0.25, 0.3) is 5.91 Å². The maximum Gasteiger partial charge on any atom is 0.407 e. The lowest BCUT2D eigenvalue weighted by molar-refractivity contribution is -0.142. The van der Waals surface area contributed by atoms with Crippen molar-refractivity contribution in [3.63, 3.8) is 0 Å². The van der Waals surface area contributed by atoms with Gasteiger partial charge in [-0.05, 0) is 28.2 Å². The van der Waals surface area contributed by atoms with Crippen LogP contribution in [0.3, 0.4) is 0 Å². The highest BCUT2D eigenvalue weighted by Gasteiger charge is 2.37. The van der Waals surface area contributed by atoms with Crippen LogP contribution in [0.25, 0.3) is 11.1 Å². The molecule has 1 aliphatic carbocycles. The SMILES string of the molecule is C[C@@H]1CN(C(=O)c2cnc(CNC(=O)OCC3c4ccccc4-c4ccccc43)s2)C[C@H]1C(=O)O. The lowest BCUT2D eigenvalue weighted by atomic mass is 9.98. The molecule has 2 N–H and O–H groups in total. The third-order valence-corrected chi connectivity index (χ3v) is 7.69. The normalized spacial score (nSPS) is 18.7. The molecule has 35 heavy (non-hydrogen) atoms. The molecular formula is C26H25N3O5S. The summed E-state index contributed by atoms with van der Waals surface area (Å²) < 4.78 is 5.54. The molecule has 8 nitrogen and oxygen atoms in total. The van der Waals surface area contributed by atoms with Gasteiger partial charge in [-0.1, -0.05) is 55.5 Å². The van der Waals surface area contributed by atoms with Gasteiger partial charge in [0.2, 0.25) is 0 Å². The lowest BCUT2D eigenvalue weighted by Crippen LogP contribution is -2.29. The second-order valence-electron chi connectivity index (χ2n) is 8.93. The number of nitrogens with zero attached hydrogens (tertiary/aromatic N) is 2. The maximum atomic E-state index is 12.8. The summed E-state index contributed by atoms with van der Waals surface area (Å²) in [5.74, 6) is -1.79. The second-order valence-corrected chi connectivity index (χ2v) is 10.0. The number of carboxylic acids is 1. The number of alkyl carbamates (subject to hydrolysis) is 1. The number of fused-ring (bicyclic) bond motifs is 3. The lowest BCUT2D eigenvalue weighted by Gasteiger charge is -2.14. The van der Waals surface area contributed by atoms with E-state index in [0.29, 0.717) is 16.4 Å². The van der Waals surface area contributed by atoms with Crippen LogP contribution in [0.4, 0.5) is 4.79 Å². The van der Waals surface area contributed by atoms with Crippen LogP contribution in [-0.2, 0) is 16.1 Å². The van der Waals surface area contributed by atoms with Crippen molar-refractivity contribution < 1.29 is 24.2 Å². The van der Waals surface area contributed by atoms with E-state index in [-0.39, 0.29) is 37.4 Å². The molecule has 0 radical (unpaired) electrons. The van der Waals surface area contributed by atoms with E-state index in [4.69, 9.17) is 4.74 Å². The number of benzene rings is 2. The molecular weight excluding hydrogens is 466 g/mol. The van der Waals surface area contributed by atoms with Crippen molar-refractivity contribution in [3.05, 3.63) is 75.7 Å². The molecule has 1 aromatic heterocycles. The van der Waals surface area contributed by atoms with Gasteiger partial charge in [0.05, 0.1) is 18.7 Å². The number of aromatic nitrogens is 1. The molecule has 2 amide bonds. The molecule has 2 atom stereocenters. The Morgan fingerprint density at radius 1 is 1.09 bits per heavy atom. The molecule has 180 valence electrons. The minimum atomic E-state index is -0.884. The number of carbonyl (C=O) groups excluding carboxylic acids is 2. The predicted octanol–water partition coefficient (Wildman–Crippen LogP) is 3.97. The summed E-state index contributed by atoms with van der Waals surface area (Å²) in [6.07, 6.45) is 0.924. The topological polar surface area (TPSA) is 109 Å². The van der Waals surface area contributed by atoms with Crippen LogP contribution in [0.2, 0.25) is 0 Å².